The number of hydrogen-bond acceptors (Lipinski definition) is 4. The first-order valence-electron chi connectivity index (χ1n) is 4.72. The maximum Gasteiger partial charge on any atom is 0.0987 e. The third-order valence-corrected chi connectivity index (χ3v) is 2.41. The molecule has 0 saturated carbocycles. The molecule has 0 aliphatic carbocycles. The van der Waals surface area contributed by atoms with Crippen LogP contribution in [0.3, 0.4) is 0 Å². The number of likely N-dealkylation sites (tertiary alicyclic amines) is 1. The van der Waals surface area contributed by atoms with Crippen molar-refractivity contribution in [3.63, 3.8) is 0 Å². The van der Waals surface area contributed by atoms with Crippen molar-refractivity contribution in [1.29, 1.82) is 0 Å². The maximum absolute atomic E-state index is 9.04. The molecule has 14 heavy (non-hydrogen) atoms. The molecular formula is C10H19N3O. The standard InChI is InChI=1S/C10H19N3O/c1-8(11)3-4-9(12)13-5-10(2,6-13)7-14/h3-4,14H,5-7,11-12H2,1-2H3/b8-3-,9-4+. The van der Waals surface area contributed by atoms with Crippen molar-refractivity contribution >= 4 is 0 Å². The number of aliphatic hydroxyl groups excluding tert-OH is 1. The van der Waals surface area contributed by atoms with Gasteiger partial charge in [0.15, 0.2) is 0 Å². The van der Waals surface area contributed by atoms with Gasteiger partial charge in [-0.2, -0.15) is 0 Å². The zero-order chi connectivity index (χ0) is 10.8. The lowest BCUT2D eigenvalue weighted by molar-refractivity contribution is -0.00561. The SMILES string of the molecule is C/C(N)=C/C=C(\N)N1CC(C)(CO)C1. The molecule has 1 aliphatic rings. The Morgan fingerprint density at radius 2 is 2.00 bits per heavy atom. The van der Waals surface area contributed by atoms with Gasteiger partial charge in [-0.15, -0.1) is 0 Å². The summed E-state index contributed by atoms with van der Waals surface area (Å²) in [7, 11) is 0. The van der Waals surface area contributed by atoms with Crippen LogP contribution in [-0.2, 0) is 0 Å². The molecule has 1 aliphatic heterocycles. The quantitative estimate of drug-likeness (QED) is 0.555. The van der Waals surface area contributed by atoms with Gasteiger partial charge in [-0.3, -0.25) is 0 Å². The van der Waals surface area contributed by atoms with Crippen molar-refractivity contribution in [2.24, 2.45) is 16.9 Å². The number of nitrogens with two attached hydrogens (primary N) is 2. The summed E-state index contributed by atoms with van der Waals surface area (Å²) >= 11 is 0. The Morgan fingerprint density at radius 1 is 1.43 bits per heavy atom. The van der Waals surface area contributed by atoms with Crippen molar-refractivity contribution < 1.29 is 5.11 Å². The van der Waals surface area contributed by atoms with E-state index in [1.807, 2.05) is 18.7 Å². The van der Waals surface area contributed by atoms with E-state index < -0.39 is 0 Å². The van der Waals surface area contributed by atoms with Gasteiger partial charge >= 0.3 is 0 Å². The molecule has 1 rings (SSSR count). The number of aliphatic hydroxyl groups is 1. The van der Waals surface area contributed by atoms with Crippen LogP contribution in [0.25, 0.3) is 0 Å². The third-order valence-electron chi connectivity index (χ3n) is 2.41. The second-order valence-corrected chi connectivity index (χ2v) is 4.33. The van der Waals surface area contributed by atoms with Gasteiger partial charge in [-0.1, -0.05) is 6.92 Å². The summed E-state index contributed by atoms with van der Waals surface area (Å²) in [5.74, 6) is 0.709. The molecule has 5 N–H and O–H groups in total. The van der Waals surface area contributed by atoms with Crippen LogP contribution >= 0.6 is 0 Å². The molecule has 0 radical (unpaired) electrons. The Labute approximate surface area is 84.9 Å². The van der Waals surface area contributed by atoms with E-state index in [9.17, 15) is 0 Å². The Bertz CT molecular complexity index is 261. The van der Waals surface area contributed by atoms with Crippen LogP contribution in [0, 0.1) is 5.41 Å². The van der Waals surface area contributed by atoms with E-state index in [2.05, 4.69) is 0 Å². The molecule has 0 bridgehead atoms. The normalized spacial score (nSPS) is 22.1. The van der Waals surface area contributed by atoms with Gasteiger partial charge in [0.05, 0.1) is 12.4 Å². The topological polar surface area (TPSA) is 75.5 Å². The molecule has 0 aromatic carbocycles. The van der Waals surface area contributed by atoms with E-state index in [-0.39, 0.29) is 12.0 Å². The fourth-order valence-corrected chi connectivity index (χ4v) is 1.48. The van der Waals surface area contributed by atoms with Crippen LogP contribution < -0.4 is 11.5 Å². The van der Waals surface area contributed by atoms with Crippen molar-refractivity contribution in [2.75, 3.05) is 19.7 Å². The number of nitrogens with zero attached hydrogens (tertiary/aromatic N) is 1. The highest BCUT2D eigenvalue weighted by atomic mass is 16.3. The van der Waals surface area contributed by atoms with E-state index in [1.54, 1.807) is 12.2 Å². The summed E-state index contributed by atoms with van der Waals surface area (Å²) in [6, 6.07) is 0. The highest BCUT2D eigenvalue weighted by molar-refractivity contribution is 5.15. The second kappa shape index (κ2) is 3.92. The Morgan fingerprint density at radius 3 is 2.43 bits per heavy atom. The third kappa shape index (κ3) is 2.42. The van der Waals surface area contributed by atoms with Gasteiger partial charge in [-0.05, 0) is 19.1 Å². The van der Waals surface area contributed by atoms with Gasteiger partial charge in [0.1, 0.15) is 0 Å². The Hall–Kier alpha value is -1.16. The zero-order valence-corrected chi connectivity index (χ0v) is 8.83. The minimum Gasteiger partial charge on any atom is -0.402 e. The van der Waals surface area contributed by atoms with E-state index in [0.29, 0.717) is 5.82 Å². The van der Waals surface area contributed by atoms with E-state index >= 15 is 0 Å². The highest BCUT2D eigenvalue weighted by Gasteiger charge is 2.38. The van der Waals surface area contributed by atoms with Gasteiger partial charge < -0.3 is 21.5 Å². The molecule has 80 valence electrons. The molecular weight excluding hydrogens is 178 g/mol. The average Bonchev–Trinajstić information content (AvgIpc) is 2.09. The lowest BCUT2D eigenvalue weighted by atomic mass is 9.83. The molecule has 0 spiro atoms. The summed E-state index contributed by atoms with van der Waals surface area (Å²) in [6.45, 7) is 5.69. The van der Waals surface area contributed by atoms with E-state index in [4.69, 9.17) is 16.6 Å². The maximum atomic E-state index is 9.04. The van der Waals surface area contributed by atoms with Crippen molar-refractivity contribution in [3.8, 4) is 0 Å². The summed E-state index contributed by atoms with van der Waals surface area (Å²) in [6.07, 6.45) is 3.58. The van der Waals surface area contributed by atoms with Crippen LogP contribution in [0.4, 0.5) is 0 Å². The second-order valence-electron chi connectivity index (χ2n) is 4.33. The van der Waals surface area contributed by atoms with Gasteiger partial charge in [0.25, 0.3) is 0 Å². The molecule has 0 aromatic rings. The van der Waals surface area contributed by atoms with Gasteiger partial charge in [0, 0.05) is 24.2 Å². The number of rotatable bonds is 3. The Balaban J connectivity index is 2.47. The van der Waals surface area contributed by atoms with Crippen LogP contribution in [0.15, 0.2) is 23.7 Å². The molecule has 1 saturated heterocycles. The summed E-state index contributed by atoms with van der Waals surface area (Å²) in [4.78, 5) is 2.02. The van der Waals surface area contributed by atoms with E-state index in [1.165, 1.54) is 0 Å². The smallest absolute Gasteiger partial charge is 0.0987 e. The zero-order valence-electron chi connectivity index (χ0n) is 8.83. The van der Waals surface area contributed by atoms with Crippen LogP contribution in [-0.4, -0.2) is 29.7 Å². The molecule has 0 amide bonds. The fourth-order valence-electron chi connectivity index (χ4n) is 1.48. The average molecular weight is 197 g/mol. The lowest BCUT2D eigenvalue weighted by Gasteiger charge is -2.48. The summed E-state index contributed by atoms with van der Waals surface area (Å²) in [5, 5.41) is 9.04. The van der Waals surface area contributed by atoms with E-state index in [0.717, 1.165) is 18.8 Å². The largest absolute Gasteiger partial charge is 0.402 e. The van der Waals surface area contributed by atoms with Crippen molar-refractivity contribution in [2.45, 2.75) is 13.8 Å². The lowest BCUT2D eigenvalue weighted by Crippen LogP contribution is -2.56. The summed E-state index contributed by atoms with van der Waals surface area (Å²) in [5.41, 5.74) is 12.0. The monoisotopic (exact) mass is 197 g/mol. The number of allylic oxidation sites excluding steroid dienone is 3. The van der Waals surface area contributed by atoms with Crippen molar-refractivity contribution in [1.82, 2.24) is 4.90 Å². The first kappa shape index (κ1) is 10.9. The molecule has 1 fully saturated rings. The predicted molar refractivity (Wildman–Crippen MR) is 57.0 cm³/mol. The minimum atomic E-state index is 0.0138. The number of hydrogen-bond donors (Lipinski definition) is 3. The first-order chi connectivity index (χ1) is 6.47. The highest BCUT2D eigenvalue weighted by Crippen LogP contribution is 2.30. The molecule has 4 nitrogen and oxygen atoms in total. The fraction of sp³-hybridized carbons (Fsp3) is 0.600. The van der Waals surface area contributed by atoms with Crippen molar-refractivity contribution in [3.05, 3.63) is 23.7 Å². The molecule has 0 unspecified atom stereocenters. The predicted octanol–water partition coefficient (Wildman–Crippen LogP) is -0.0368. The molecule has 0 atom stereocenters. The van der Waals surface area contributed by atoms with Gasteiger partial charge in [-0.25, -0.2) is 0 Å². The molecule has 0 aromatic heterocycles. The minimum absolute atomic E-state index is 0.0138. The summed E-state index contributed by atoms with van der Waals surface area (Å²) < 4.78 is 0. The van der Waals surface area contributed by atoms with Crippen LogP contribution in [0.1, 0.15) is 13.8 Å². The molecule has 1 heterocycles. The van der Waals surface area contributed by atoms with Crippen LogP contribution in [0.5, 0.6) is 0 Å². The van der Waals surface area contributed by atoms with Crippen LogP contribution in [0.2, 0.25) is 0 Å². The Kier molecular flexibility index (Phi) is 3.06. The van der Waals surface area contributed by atoms with Gasteiger partial charge in [0.2, 0.25) is 0 Å². The molecule has 4 heteroatoms. The first-order valence-corrected chi connectivity index (χ1v) is 4.72.